The lowest BCUT2D eigenvalue weighted by atomic mass is 9.76. The van der Waals surface area contributed by atoms with Gasteiger partial charge in [-0.05, 0) is 36.7 Å². The zero-order chi connectivity index (χ0) is 18.7. The van der Waals surface area contributed by atoms with Gasteiger partial charge in [0, 0.05) is 33.0 Å². The van der Waals surface area contributed by atoms with Crippen LogP contribution in [0.1, 0.15) is 38.2 Å². The van der Waals surface area contributed by atoms with Gasteiger partial charge in [0.05, 0.1) is 0 Å². The van der Waals surface area contributed by atoms with E-state index in [0.29, 0.717) is 32.5 Å². The number of hydrogen-bond acceptors (Lipinski definition) is 3. The summed E-state index contributed by atoms with van der Waals surface area (Å²) in [6.45, 7) is 3.21. The van der Waals surface area contributed by atoms with Crippen LogP contribution >= 0.6 is 0 Å². The first kappa shape index (κ1) is 18.4. The number of aryl methyl sites for hydroxylation is 1. The van der Waals surface area contributed by atoms with Crippen molar-refractivity contribution in [1.29, 1.82) is 0 Å². The molecule has 0 aromatic heterocycles. The maximum Gasteiger partial charge on any atom is 0.326 e. The van der Waals surface area contributed by atoms with Crippen molar-refractivity contribution in [3.05, 3.63) is 35.9 Å². The molecule has 1 aromatic carbocycles. The molecule has 0 bridgehead atoms. The van der Waals surface area contributed by atoms with Gasteiger partial charge in [0.25, 0.3) is 0 Å². The number of aliphatic carboxylic acids is 1. The van der Waals surface area contributed by atoms with Crippen LogP contribution in [0.4, 0.5) is 0 Å². The summed E-state index contributed by atoms with van der Waals surface area (Å²) in [5, 5.41) is 9.41. The summed E-state index contributed by atoms with van der Waals surface area (Å²) < 4.78 is 0. The molecule has 1 N–H and O–H groups in total. The van der Waals surface area contributed by atoms with E-state index in [9.17, 15) is 19.5 Å². The molecule has 2 saturated heterocycles. The minimum absolute atomic E-state index is 0.153. The summed E-state index contributed by atoms with van der Waals surface area (Å²) in [4.78, 5) is 39.1. The van der Waals surface area contributed by atoms with Crippen molar-refractivity contribution in [3.8, 4) is 0 Å². The van der Waals surface area contributed by atoms with Crippen LogP contribution in [-0.4, -0.2) is 58.4 Å². The van der Waals surface area contributed by atoms with E-state index in [-0.39, 0.29) is 17.2 Å². The lowest BCUT2D eigenvalue weighted by Gasteiger charge is -2.39. The van der Waals surface area contributed by atoms with Crippen molar-refractivity contribution in [2.75, 3.05) is 19.6 Å². The Kier molecular flexibility index (Phi) is 5.30. The van der Waals surface area contributed by atoms with Gasteiger partial charge in [0.1, 0.15) is 6.04 Å². The number of carboxylic acids is 1. The highest BCUT2D eigenvalue weighted by molar-refractivity contribution is 5.83. The second-order valence-corrected chi connectivity index (χ2v) is 7.57. The van der Waals surface area contributed by atoms with Crippen LogP contribution in [0.25, 0.3) is 0 Å². The van der Waals surface area contributed by atoms with E-state index in [1.54, 1.807) is 0 Å². The molecule has 1 spiro atoms. The first-order valence-corrected chi connectivity index (χ1v) is 9.22. The summed E-state index contributed by atoms with van der Waals surface area (Å²) in [6.07, 6.45) is 3.25. The summed E-state index contributed by atoms with van der Waals surface area (Å²) in [5.41, 5.74) is 0.997. The third-order valence-corrected chi connectivity index (χ3v) is 5.85. The first-order chi connectivity index (χ1) is 12.4. The Labute approximate surface area is 153 Å². The summed E-state index contributed by atoms with van der Waals surface area (Å²) >= 11 is 0. The molecule has 2 fully saturated rings. The second-order valence-electron chi connectivity index (χ2n) is 7.57. The highest BCUT2D eigenvalue weighted by Gasteiger charge is 2.49. The zero-order valence-corrected chi connectivity index (χ0v) is 15.2. The molecule has 2 aliphatic heterocycles. The van der Waals surface area contributed by atoms with E-state index >= 15 is 0 Å². The van der Waals surface area contributed by atoms with E-state index in [0.717, 1.165) is 24.8 Å². The molecule has 2 amide bonds. The van der Waals surface area contributed by atoms with Crippen LogP contribution < -0.4 is 0 Å². The van der Waals surface area contributed by atoms with Crippen LogP contribution in [-0.2, 0) is 20.8 Å². The van der Waals surface area contributed by atoms with Gasteiger partial charge in [-0.2, -0.15) is 0 Å². The summed E-state index contributed by atoms with van der Waals surface area (Å²) in [5.74, 6) is -0.964. The fourth-order valence-corrected chi connectivity index (χ4v) is 4.25. The topological polar surface area (TPSA) is 77.9 Å². The van der Waals surface area contributed by atoms with Crippen molar-refractivity contribution in [1.82, 2.24) is 9.80 Å². The summed E-state index contributed by atoms with van der Waals surface area (Å²) in [6, 6.07) is 9.24. The van der Waals surface area contributed by atoms with Crippen LogP contribution in [0, 0.1) is 5.41 Å². The van der Waals surface area contributed by atoms with Crippen LogP contribution in [0.5, 0.6) is 0 Å². The predicted molar refractivity (Wildman–Crippen MR) is 96.4 cm³/mol. The Balaban J connectivity index is 1.54. The summed E-state index contributed by atoms with van der Waals surface area (Å²) in [7, 11) is 0. The minimum atomic E-state index is -0.932. The molecule has 6 heteroatoms. The molecule has 2 aliphatic rings. The van der Waals surface area contributed by atoms with Crippen molar-refractivity contribution in [2.24, 2.45) is 5.41 Å². The molecular formula is C20H26N2O4. The van der Waals surface area contributed by atoms with Gasteiger partial charge in [0.2, 0.25) is 11.8 Å². The van der Waals surface area contributed by atoms with Gasteiger partial charge in [0.15, 0.2) is 0 Å². The largest absolute Gasteiger partial charge is 0.480 e. The number of nitrogens with zero attached hydrogens (tertiary/aromatic N) is 2. The molecule has 6 nitrogen and oxygen atoms in total. The molecule has 1 unspecified atom stereocenters. The molecule has 26 heavy (non-hydrogen) atoms. The van der Waals surface area contributed by atoms with Crippen LogP contribution in [0.15, 0.2) is 30.3 Å². The van der Waals surface area contributed by atoms with E-state index < -0.39 is 12.0 Å². The molecule has 2 heterocycles. The number of carbonyl (C=O) groups excluding carboxylic acids is 2. The fraction of sp³-hybridized carbons (Fsp3) is 0.550. The molecule has 1 aromatic rings. The van der Waals surface area contributed by atoms with Crippen LogP contribution in [0.3, 0.4) is 0 Å². The van der Waals surface area contributed by atoms with Crippen LogP contribution in [0.2, 0.25) is 0 Å². The molecule has 0 radical (unpaired) electrons. The van der Waals surface area contributed by atoms with E-state index in [2.05, 4.69) is 0 Å². The molecule has 3 rings (SSSR count). The maximum absolute atomic E-state index is 12.5. The number of carbonyl (C=O) groups is 3. The Hall–Kier alpha value is -2.37. The first-order valence-electron chi connectivity index (χ1n) is 9.22. The van der Waals surface area contributed by atoms with E-state index in [1.807, 2.05) is 35.2 Å². The number of amides is 2. The van der Waals surface area contributed by atoms with Gasteiger partial charge in [-0.1, -0.05) is 30.3 Å². The predicted octanol–water partition coefficient (Wildman–Crippen LogP) is 1.93. The lowest BCUT2D eigenvalue weighted by Crippen LogP contribution is -2.44. The number of carboxylic acid groups (broad SMARTS) is 1. The Bertz CT molecular complexity index is 656. The molecular weight excluding hydrogens is 332 g/mol. The van der Waals surface area contributed by atoms with Gasteiger partial charge in [-0.25, -0.2) is 4.79 Å². The van der Waals surface area contributed by atoms with Gasteiger partial charge < -0.3 is 14.9 Å². The van der Waals surface area contributed by atoms with E-state index in [1.165, 1.54) is 11.8 Å². The smallest absolute Gasteiger partial charge is 0.326 e. The molecule has 1 atom stereocenters. The van der Waals surface area contributed by atoms with Crippen molar-refractivity contribution < 1.29 is 19.5 Å². The zero-order valence-electron chi connectivity index (χ0n) is 15.2. The Morgan fingerprint density at radius 2 is 1.81 bits per heavy atom. The van der Waals surface area contributed by atoms with E-state index in [4.69, 9.17) is 0 Å². The van der Waals surface area contributed by atoms with Crippen molar-refractivity contribution in [3.63, 3.8) is 0 Å². The fourth-order valence-electron chi connectivity index (χ4n) is 4.25. The highest BCUT2D eigenvalue weighted by Crippen LogP contribution is 2.43. The van der Waals surface area contributed by atoms with Crippen molar-refractivity contribution >= 4 is 17.8 Å². The highest BCUT2D eigenvalue weighted by atomic mass is 16.4. The normalized spacial score (nSPS) is 21.8. The minimum Gasteiger partial charge on any atom is -0.480 e. The number of rotatable bonds is 4. The molecule has 140 valence electrons. The van der Waals surface area contributed by atoms with Gasteiger partial charge in [-0.15, -0.1) is 0 Å². The maximum atomic E-state index is 12.5. The monoisotopic (exact) mass is 358 g/mol. The molecule has 0 aliphatic carbocycles. The number of benzene rings is 1. The number of hydrogen-bond donors (Lipinski definition) is 1. The second kappa shape index (κ2) is 7.48. The van der Waals surface area contributed by atoms with Crippen molar-refractivity contribution in [2.45, 2.75) is 45.1 Å². The average Bonchev–Trinajstić information content (AvgIpc) is 3.01. The standard InChI is InChI=1S/C20H26N2O4/c1-15(23)22-14-20(13-17(22)19(25)26)9-11-21(12-10-20)18(24)8-7-16-5-3-2-4-6-16/h2-6,17H,7-14H2,1H3,(H,25,26). The number of piperidine rings is 1. The quantitative estimate of drug-likeness (QED) is 0.892. The number of likely N-dealkylation sites (tertiary alicyclic amines) is 2. The Morgan fingerprint density at radius 3 is 2.35 bits per heavy atom. The third kappa shape index (κ3) is 3.89. The lowest BCUT2D eigenvalue weighted by molar-refractivity contribution is -0.147. The van der Waals surface area contributed by atoms with Gasteiger partial charge in [-0.3, -0.25) is 9.59 Å². The molecule has 0 saturated carbocycles. The van der Waals surface area contributed by atoms with Gasteiger partial charge >= 0.3 is 5.97 Å². The Morgan fingerprint density at radius 1 is 1.15 bits per heavy atom. The SMILES string of the molecule is CC(=O)N1CC2(CCN(C(=O)CCc3ccccc3)CC2)CC1C(=O)O. The third-order valence-electron chi connectivity index (χ3n) is 5.85. The average molecular weight is 358 g/mol.